The third-order valence-corrected chi connectivity index (χ3v) is 2.55. The molecule has 1 aromatic heterocycles. The van der Waals surface area contributed by atoms with Crippen LogP contribution < -0.4 is 0 Å². The molecule has 0 aliphatic carbocycles. The Labute approximate surface area is 107 Å². The van der Waals surface area contributed by atoms with Crippen LogP contribution in [0.4, 0.5) is 4.39 Å². The summed E-state index contributed by atoms with van der Waals surface area (Å²) < 4.78 is 22.7. The molecule has 2 rings (SSSR count). The molecule has 0 saturated carbocycles. The van der Waals surface area contributed by atoms with Gasteiger partial charge in [-0.05, 0) is 25.1 Å². The summed E-state index contributed by atoms with van der Waals surface area (Å²) in [6, 6.07) is 4.03. The quantitative estimate of drug-likeness (QED) is 0.802. The van der Waals surface area contributed by atoms with E-state index >= 15 is 0 Å². The van der Waals surface area contributed by atoms with Crippen LogP contribution in [0.3, 0.4) is 0 Å². The molecule has 0 aliphatic rings. The number of ether oxygens (including phenoxy) is 1. The van der Waals surface area contributed by atoms with Crippen LogP contribution >= 0.6 is 11.6 Å². The van der Waals surface area contributed by atoms with Crippen molar-refractivity contribution in [3.63, 3.8) is 0 Å². The minimum atomic E-state index is -0.547. The van der Waals surface area contributed by atoms with Crippen molar-refractivity contribution in [2.24, 2.45) is 0 Å². The third-order valence-electron chi connectivity index (χ3n) is 2.26. The van der Waals surface area contributed by atoms with Crippen molar-refractivity contribution in [3.05, 3.63) is 40.9 Å². The van der Waals surface area contributed by atoms with Gasteiger partial charge in [-0.1, -0.05) is 16.8 Å². The maximum absolute atomic E-state index is 13.1. The number of benzene rings is 1. The third kappa shape index (κ3) is 2.36. The van der Waals surface area contributed by atoms with Crippen molar-refractivity contribution in [1.82, 2.24) is 5.16 Å². The number of halogens is 2. The van der Waals surface area contributed by atoms with Crippen LogP contribution in [-0.2, 0) is 4.74 Å². The Kier molecular flexibility index (Phi) is 3.62. The SMILES string of the molecule is CCOC(=O)c1conc1-c1ccc(F)c(Cl)c1. The van der Waals surface area contributed by atoms with Gasteiger partial charge in [-0.15, -0.1) is 0 Å². The second-order valence-electron chi connectivity index (χ2n) is 3.43. The molecule has 0 atom stereocenters. The van der Waals surface area contributed by atoms with Gasteiger partial charge in [0.1, 0.15) is 23.3 Å². The number of rotatable bonds is 3. The van der Waals surface area contributed by atoms with Gasteiger partial charge in [0, 0.05) is 5.56 Å². The van der Waals surface area contributed by atoms with E-state index in [-0.39, 0.29) is 22.9 Å². The minimum absolute atomic E-state index is 0.0506. The minimum Gasteiger partial charge on any atom is -0.462 e. The summed E-state index contributed by atoms with van der Waals surface area (Å²) >= 11 is 5.67. The molecular formula is C12H9ClFNO3. The number of carbonyl (C=O) groups is 1. The van der Waals surface area contributed by atoms with Gasteiger partial charge in [0.15, 0.2) is 0 Å². The molecule has 0 N–H and O–H groups in total. The number of hydrogen-bond acceptors (Lipinski definition) is 4. The first-order valence-corrected chi connectivity index (χ1v) is 5.58. The maximum atomic E-state index is 13.1. The van der Waals surface area contributed by atoms with E-state index in [1.165, 1.54) is 24.5 Å². The first kappa shape index (κ1) is 12.6. The normalized spacial score (nSPS) is 10.4. The second kappa shape index (κ2) is 5.18. The lowest BCUT2D eigenvalue weighted by Gasteiger charge is -2.02. The fourth-order valence-electron chi connectivity index (χ4n) is 1.44. The van der Waals surface area contributed by atoms with E-state index in [9.17, 15) is 9.18 Å². The van der Waals surface area contributed by atoms with E-state index in [0.717, 1.165) is 0 Å². The summed E-state index contributed by atoms with van der Waals surface area (Å²) in [5.74, 6) is -1.09. The summed E-state index contributed by atoms with van der Waals surface area (Å²) in [4.78, 5) is 11.6. The van der Waals surface area contributed by atoms with Crippen LogP contribution in [0.5, 0.6) is 0 Å². The van der Waals surface area contributed by atoms with E-state index in [4.69, 9.17) is 20.9 Å². The largest absolute Gasteiger partial charge is 0.462 e. The molecule has 0 amide bonds. The van der Waals surface area contributed by atoms with E-state index in [1.54, 1.807) is 6.92 Å². The number of carbonyl (C=O) groups excluding carboxylic acids is 1. The van der Waals surface area contributed by atoms with E-state index in [1.807, 2.05) is 0 Å². The lowest BCUT2D eigenvalue weighted by Crippen LogP contribution is -2.04. The molecule has 1 heterocycles. The van der Waals surface area contributed by atoms with Gasteiger partial charge >= 0.3 is 5.97 Å². The summed E-state index contributed by atoms with van der Waals surface area (Å²) in [5, 5.41) is 3.65. The predicted octanol–water partition coefficient (Wildman–Crippen LogP) is 3.31. The van der Waals surface area contributed by atoms with Gasteiger partial charge in [0.25, 0.3) is 0 Å². The Bertz CT molecular complexity index is 582. The van der Waals surface area contributed by atoms with Gasteiger partial charge in [-0.3, -0.25) is 0 Å². The highest BCUT2D eigenvalue weighted by atomic mass is 35.5. The zero-order valence-corrected chi connectivity index (χ0v) is 10.2. The summed E-state index contributed by atoms with van der Waals surface area (Å²) in [7, 11) is 0. The molecule has 2 aromatic rings. The Hall–Kier alpha value is -1.88. The fourth-order valence-corrected chi connectivity index (χ4v) is 1.62. The number of nitrogens with zero attached hydrogens (tertiary/aromatic N) is 1. The highest BCUT2D eigenvalue weighted by molar-refractivity contribution is 6.31. The highest BCUT2D eigenvalue weighted by Crippen LogP contribution is 2.26. The number of esters is 1. The van der Waals surface area contributed by atoms with Crippen molar-refractivity contribution in [3.8, 4) is 11.3 Å². The average Bonchev–Trinajstić information content (AvgIpc) is 2.82. The van der Waals surface area contributed by atoms with Crippen molar-refractivity contribution in [2.45, 2.75) is 6.92 Å². The van der Waals surface area contributed by atoms with Crippen molar-refractivity contribution in [2.75, 3.05) is 6.61 Å². The monoisotopic (exact) mass is 269 g/mol. The summed E-state index contributed by atoms with van der Waals surface area (Å²) in [5.41, 5.74) is 0.938. The smallest absolute Gasteiger partial charge is 0.343 e. The molecule has 0 unspecified atom stereocenters. The van der Waals surface area contributed by atoms with Gasteiger partial charge in [0.05, 0.1) is 11.6 Å². The van der Waals surface area contributed by atoms with E-state index < -0.39 is 11.8 Å². The Morgan fingerprint density at radius 2 is 2.33 bits per heavy atom. The first-order valence-electron chi connectivity index (χ1n) is 5.20. The zero-order chi connectivity index (χ0) is 13.1. The molecule has 0 spiro atoms. The van der Waals surface area contributed by atoms with Crippen molar-refractivity contribution in [1.29, 1.82) is 0 Å². The lowest BCUT2D eigenvalue weighted by molar-refractivity contribution is 0.0526. The average molecular weight is 270 g/mol. The molecule has 0 aliphatic heterocycles. The molecule has 0 fully saturated rings. The van der Waals surface area contributed by atoms with Crippen LogP contribution in [0, 0.1) is 5.82 Å². The van der Waals surface area contributed by atoms with Crippen LogP contribution in [0.1, 0.15) is 17.3 Å². The zero-order valence-electron chi connectivity index (χ0n) is 9.44. The Morgan fingerprint density at radius 1 is 1.56 bits per heavy atom. The van der Waals surface area contributed by atoms with Crippen LogP contribution in [-0.4, -0.2) is 17.7 Å². The molecule has 6 heteroatoms. The molecule has 94 valence electrons. The first-order chi connectivity index (χ1) is 8.63. The molecule has 0 saturated heterocycles. The van der Waals surface area contributed by atoms with Gasteiger partial charge < -0.3 is 9.26 Å². The lowest BCUT2D eigenvalue weighted by atomic mass is 10.1. The summed E-state index contributed by atoms with van der Waals surface area (Å²) in [6.45, 7) is 1.94. The second-order valence-corrected chi connectivity index (χ2v) is 3.83. The number of aromatic nitrogens is 1. The fraction of sp³-hybridized carbons (Fsp3) is 0.167. The molecule has 4 nitrogen and oxygen atoms in total. The highest BCUT2D eigenvalue weighted by Gasteiger charge is 2.19. The van der Waals surface area contributed by atoms with Gasteiger partial charge in [0.2, 0.25) is 0 Å². The van der Waals surface area contributed by atoms with E-state index in [0.29, 0.717) is 5.56 Å². The van der Waals surface area contributed by atoms with Crippen molar-refractivity contribution >= 4 is 17.6 Å². The standard InChI is InChI=1S/C12H9ClFNO3/c1-2-17-12(16)8-6-18-15-11(8)7-3-4-10(14)9(13)5-7/h3-6H,2H2,1H3. The number of hydrogen-bond donors (Lipinski definition) is 0. The topological polar surface area (TPSA) is 52.3 Å². The molecule has 1 aromatic carbocycles. The van der Waals surface area contributed by atoms with Crippen LogP contribution in [0.15, 0.2) is 29.0 Å². The molecular weight excluding hydrogens is 261 g/mol. The molecule has 18 heavy (non-hydrogen) atoms. The Morgan fingerprint density at radius 3 is 3.00 bits per heavy atom. The van der Waals surface area contributed by atoms with Gasteiger partial charge in [-0.25, -0.2) is 9.18 Å². The van der Waals surface area contributed by atoms with E-state index in [2.05, 4.69) is 5.16 Å². The Balaban J connectivity index is 2.42. The van der Waals surface area contributed by atoms with Crippen LogP contribution in [0.25, 0.3) is 11.3 Å². The summed E-state index contributed by atoms with van der Waals surface area (Å²) in [6.07, 6.45) is 1.19. The predicted molar refractivity (Wildman–Crippen MR) is 62.9 cm³/mol. The van der Waals surface area contributed by atoms with Crippen molar-refractivity contribution < 1.29 is 18.4 Å². The van der Waals surface area contributed by atoms with Crippen LogP contribution in [0.2, 0.25) is 5.02 Å². The maximum Gasteiger partial charge on any atom is 0.343 e. The van der Waals surface area contributed by atoms with Gasteiger partial charge in [-0.2, -0.15) is 0 Å². The molecule has 0 bridgehead atoms. The molecule has 0 radical (unpaired) electrons.